The molecule has 1 fully saturated rings. The van der Waals surface area contributed by atoms with Crippen LogP contribution in [0.3, 0.4) is 0 Å². The molecule has 3 heterocycles. The number of fused-ring (bicyclic) bond motifs is 1. The third-order valence-corrected chi connectivity index (χ3v) is 5.50. The maximum absolute atomic E-state index is 14.9. The molecule has 8 nitrogen and oxygen atoms in total. The number of primary amides is 1. The highest BCUT2D eigenvalue weighted by atomic mass is 19.1. The van der Waals surface area contributed by atoms with Gasteiger partial charge in [0.1, 0.15) is 5.69 Å². The molecule has 1 aliphatic heterocycles. The van der Waals surface area contributed by atoms with Crippen molar-refractivity contribution < 1.29 is 18.7 Å². The summed E-state index contributed by atoms with van der Waals surface area (Å²) in [4.78, 5) is 34.1. The van der Waals surface area contributed by atoms with Crippen molar-refractivity contribution in [1.82, 2.24) is 19.4 Å². The van der Waals surface area contributed by atoms with Gasteiger partial charge in [-0.2, -0.15) is 0 Å². The molecule has 3 aromatic rings. The first kappa shape index (κ1) is 19.2. The molecule has 158 valence electrons. The monoisotopic (exact) mass is 421 g/mol. The summed E-state index contributed by atoms with van der Waals surface area (Å²) in [7, 11) is 0. The molecule has 2 N–H and O–H groups in total. The minimum atomic E-state index is -0.698. The van der Waals surface area contributed by atoms with Crippen LogP contribution >= 0.6 is 0 Å². The second-order valence-corrected chi connectivity index (χ2v) is 7.88. The zero-order valence-corrected chi connectivity index (χ0v) is 16.8. The number of halogens is 1. The van der Waals surface area contributed by atoms with Gasteiger partial charge < -0.3 is 19.9 Å². The molecule has 2 aromatic heterocycles. The van der Waals surface area contributed by atoms with E-state index in [0.717, 1.165) is 19.4 Å². The molecule has 1 saturated carbocycles. The fourth-order valence-corrected chi connectivity index (χ4v) is 3.82. The fraction of sp³-hybridized carbons (Fsp3) is 0.273. The molecule has 9 heteroatoms. The lowest BCUT2D eigenvalue weighted by Gasteiger charge is -2.16. The summed E-state index contributed by atoms with van der Waals surface area (Å²) in [6.45, 7) is 2.96. The summed E-state index contributed by atoms with van der Waals surface area (Å²) in [5.41, 5.74) is 7.22. The molecule has 0 radical (unpaired) electrons. The molecule has 31 heavy (non-hydrogen) atoms. The van der Waals surface area contributed by atoms with E-state index in [2.05, 4.69) is 9.97 Å². The Morgan fingerprint density at radius 3 is 2.77 bits per heavy atom. The van der Waals surface area contributed by atoms with Crippen molar-refractivity contribution in [3.63, 3.8) is 0 Å². The molecule has 0 atom stereocenters. The Hall–Kier alpha value is -3.75. The number of ether oxygens (including phenoxy) is 1. The predicted octanol–water partition coefficient (Wildman–Crippen LogP) is 3.11. The summed E-state index contributed by atoms with van der Waals surface area (Å²) < 4.78 is 22.2. The lowest BCUT2D eigenvalue weighted by atomic mass is 10.1. The number of rotatable bonds is 6. The Bertz CT molecular complexity index is 1220. The smallest absolute Gasteiger partial charge is 0.291 e. The van der Waals surface area contributed by atoms with Gasteiger partial charge in [-0.1, -0.05) is 6.07 Å². The molecule has 5 rings (SSSR count). The normalized spacial score (nSPS) is 15.3. The van der Waals surface area contributed by atoms with Gasteiger partial charge in [-0.15, -0.1) is 0 Å². The van der Waals surface area contributed by atoms with Crippen molar-refractivity contribution in [3.05, 3.63) is 59.4 Å². The van der Waals surface area contributed by atoms with Gasteiger partial charge in [0.2, 0.25) is 11.7 Å². The van der Waals surface area contributed by atoms with Crippen molar-refractivity contribution in [2.75, 3.05) is 6.54 Å². The highest BCUT2D eigenvalue weighted by Gasteiger charge is 2.36. The molecule has 0 spiro atoms. The highest BCUT2D eigenvalue weighted by molar-refractivity contribution is 5.94. The van der Waals surface area contributed by atoms with Gasteiger partial charge in [0.15, 0.2) is 11.6 Å². The van der Waals surface area contributed by atoms with Crippen molar-refractivity contribution in [2.45, 2.75) is 26.4 Å². The molecule has 0 bridgehead atoms. The van der Waals surface area contributed by atoms with Crippen LogP contribution in [-0.4, -0.2) is 37.8 Å². The molecular weight excluding hydrogens is 401 g/mol. The number of imidazole rings is 1. The van der Waals surface area contributed by atoms with Crippen molar-refractivity contribution in [2.24, 2.45) is 11.7 Å². The Labute approximate surface area is 177 Å². The maximum Gasteiger partial charge on any atom is 0.291 e. The van der Waals surface area contributed by atoms with Crippen LogP contribution in [0.1, 0.15) is 39.6 Å². The average Bonchev–Trinajstić information content (AvgIpc) is 3.44. The number of hydrogen-bond donors (Lipinski definition) is 1. The highest BCUT2D eigenvalue weighted by Crippen LogP contribution is 2.35. The second kappa shape index (κ2) is 7.19. The third-order valence-electron chi connectivity index (χ3n) is 5.50. The van der Waals surface area contributed by atoms with Crippen LogP contribution in [0.2, 0.25) is 0 Å². The van der Waals surface area contributed by atoms with Crippen LogP contribution < -0.4 is 10.5 Å². The van der Waals surface area contributed by atoms with Crippen molar-refractivity contribution in [3.8, 4) is 22.9 Å². The molecule has 0 unspecified atom stereocenters. The zero-order chi connectivity index (χ0) is 21.7. The Balaban J connectivity index is 1.42. The summed E-state index contributed by atoms with van der Waals surface area (Å²) in [5, 5.41) is 0. The second-order valence-electron chi connectivity index (χ2n) is 7.88. The van der Waals surface area contributed by atoms with E-state index in [-0.39, 0.29) is 23.2 Å². The summed E-state index contributed by atoms with van der Waals surface area (Å²) in [6.07, 6.45) is 2.31. The number of amides is 2. The molecule has 0 saturated heterocycles. The number of pyridine rings is 1. The van der Waals surface area contributed by atoms with Gasteiger partial charge >= 0.3 is 0 Å². The summed E-state index contributed by atoms with van der Waals surface area (Å²) in [6, 6.07) is 9.05. The van der Waals surface area contributed by atoms with E-state index < -0.39 is 11.7 Å². The minimum Gasteiger partial charge on any atom is -0.436 e. The zero-order valence-electron chi connectivity index (χ0n) is 16.8. The number of carbonyl (C=O) groups excluding carboxylic acids is 2. The van der Waals surface area contributed by atoms with Crippen LogP contribution in [0.5, 0.6) is 11.6 Å². The quantitative estimate of drug-likeness (QED) is 0.659. The summed E-state index contributed by atoms with van der Waals surface area (Å²) >= 11 is 0. The van der Waals surface area contributed by atoms with E-state index >= 15 is 0 Å². The Morgan fingerprint density at radius 2 is 2.06 bits per heavy atom. The van der Waals surface area contributed by atoms with Crippen LogP contribution in [0.25, 0.3) is 11.3 Å². The fourth-order valence-electron chi connectivity index (χ4n) is 3.82. The van der Waals surface area contributed by atoms with Gasteiger partial charge in [0.25, 0.3) is 11.8 Å². The molecule has 2 aliphatic rings. The van der Waals surface area contributed by atoms with Gasteiger partial charge in [-0.3, -0.25) is 9.59 Å². The van der Waals surface area contributed by atoms with Crippen molar-refractivity contribution >= 4 is 11.8 Å². The third kappa shape index (κ3) is 3.52. The molecule has 2 amide bonds. The molecule has 1 aliphatic carbocycles. The first-order valence-electron chi connectivity index (χ1n) is 10.0. The van der Waals surface area contributed by atoms with Crippen LogP contribution in [0, 0.1) is 18.7 Å². The number of aromatic nitrogens is 3. The maximum atomic E-state index is 14.9. The number of carbonyl (C=O) groups is 2. The van der Waals surface area contributed by atoms with Crippen LogP contribution in [-0.2, 0) is 6.67 Å². The number of nitrogens with zero attached hydrogens (tertiary/aromatic N) is 4. The number of benzene rings is 1. The molecular formula is C22H20FN5O3. The van der Waals surface area contributed by atoms with E-state index in [1.807, 2.05) is 4.57 Å². The van der Waals surface area contributed by atoms with Gasteiger partial charge in [-0.05, 0) is 49.9 Å². The topological polar surface area (TPSA) is 103 Å². The van der Waals surface area contributed by atoms with E-state index in [1.165, 1.54) is 24.3 Å². The first-order chi connectivity index (χ1) is 14.9. The van der Waals surface area contributed by atoms with E-state index in [4.69, 9.17) is 10.5 Å². The standard InChI is InChI=1S/C22H20FN5O3/c1-12-19(28-11-27(10-13-5-6-13)22(30)21(28)25-12)14-7-8-17(15(23)9-14)31-18-4-2-3-16(26-18)20(24)29/h2-4,7-9,13H,5-6,10-11H2,1H3,(H2,24,29). The van der Waals surface area contributed by atoms with Gasteiger partial charge in [0, 0.05) is 18.2 Å². The summed E-state index contributed by atoms with van der Waals surface area (Å²) in [5.74, 6) is -0.389. The van der Waals surface area contributed by atoms with Crippen LogP contribution in [0.4, 0.5) is 4.39 Å². The minimum absolute atomic E-state index is 0.0281. The average molecular weight is 421 g/mol. The van der Waals surface area contributed by atoms with E-state index in [1.54, 1.807) is 24.0 Å². The van der Waals surface area contributed by atoms with Gasteiger partial charge in [-0.25, -0.2) is 14.4 Å². The lowest BCUT2D eigenvalue weighted by molar-refractivity contribution is 0.0757. The largest absolute Gasteiger partial charge is 0.436 e. The number of nitrogens with two attached hydrogens (primary N) is 1. The number of aryl methyl sites for hydroxylation is 1. The van der Waals surface area contributed by atoms with Gasteiger partial charge in [0.05, 0.1) is 18.1 Å². The van der Waals surface area contributed by atoms with Crippen molar-refractivity contribution in [1.29, 1.82) is 0 Å². The van der Waals surface area contributed by atoms with E-state index in [0.29, 0.717) is 35.4 Å². The van der Waals surface area contributed by atoms with E-state index in [9.17, 15) is 14.0 Å². The predicted molar refractivity (Wildman–Crippen MR) is 109 cm³/mol. The SMILES string of the molecule is Cc1nc2n(c1-c1ccc(Oc3cccc(C(N)=O)n3)c(F)c1)CN(CC1CC1)C2=O. The number of hydrogen-bond acceptors (Lipinski definition) is 5. The lowest BCUT2D eigenvalue weighted by Crippen LogP contribution is -2.27. The first-order valence-corrected chi connectivity index (χ1v) is 10.0. The Kier molecular flexibility index (Phi) is 4.46. The van der Waals surface area contributed by atoms with Crippen LogP contribution in [0.15, 0.2) is 36.4 Å². The molecule has 1 aromatic carbocycles. The Morgan fingerprint density at radius 1 is 1.26 bits per heavy atom.